The van der Waals surface area contributed by atoms with E-state index in [0.29, 0.717) is 10.9 Å². The van der Waals surface area contributed by atoms with Gasteiger partial charge >= 0.3 is 33.9 Å². The van der Waals surface area contributed by atoms with Crippen molar-refractivity contribution in [1.82, 2.24) is 0 Å². The van der Waals surface area contributed by atoms with Gasteiger partial charge in [-0.3, -0.25) is 4.55 Å². The molecule has 1 fully saturated rings. The van der Waals surface area contributed by atoms with Crippen molar-refractivity contribution in [1.29, 1.82) is 0 Å². The molecule has 4 aromatic carbocycles. The van der Waals surface area contributed by atoms with E-state index < -0.39 is 71.2 Å². The molecule has 0 spiro atoms. The van der Waals surface area contributed by atoms with Crippen molar-refractivity contribution < 1.29 is 59.6 Å². The molecule has 0 aliphatic carbocycles. The average molecular weight is 731 g/mol. The lowest BCUT2D eigenvalue weighted by molar-refractivity contribution is -0.274. The fraction of sp³-hybridized carbons (Fsp3) is 0.189. The third-order valence-corrected chi connectivity index (χ3v) is 8.34. The Hall–Kier alpha value is -5.87. The van der Waals surface area contributed by atoms with Crippen molar-refractivity contribution in [3.05, 3.63) is 148 Å². The fourth-order valence-electron chi connectivity index (χ4n) is 5.47. The van der Waals surface area contributed by atoms with E-state index in [9.17, 15) is 32.1 Å². The van der Waals surface area contributed by atoms with Crippen LogP contribution in [0.4, 0.5) is 0 Å². The maximum atomic E-state index is 13.6. The Labute approximate surface area is 296 Å². The van der Waals surface area contributed by atoms with Crippen LogP contribution in [0.25, 0.3) is 11.0 Å². The molecule has 0 unspecified atom stereocenters. The van der Waals surface area contributed by atoms with E-state index in [1.807, 2.05) is 0 Å². The average Bonchev–Trinajstić information content (AvgIpc) is 3.13. The highest BCUT2D eigenvalue weighted by Gasteiger charge is 2.54. The summed E-state index contributed by atoms with van der Waals surface area (Å²) in [6.07, 6.45) is -8.55. The summed E-state index contributed by atoms with van der Waals surface area (Å²) in [7, 11) is -5.08. The molecule has 1 N–H and O–H groups in total. The zero-order chi connectivity index (χ0) is 36.8. The standard InChI is InChI=1S/C37H30O14S/c1-22-19-30(38)47-28-20-26(17-18-27(22)28)46-37-33(51-36(41)25-15-9-4-10-16-25)32(50-35(40)24-13-7-3-8-14-24)31(29(48-37)21-45-52(42,43)44)49-34(39)23-11-5-2-6-12-23/h2-20,29,31-33,37H,21H2,1H3,(H,42,43,44)/t29-,31+,32+,33-,37-/m1/s1. The number of esters is 3. The second-order valence-corrected chi connectivity index (χ2v) is 12.6. The van der Waals surface area contributed by atoms with Gasteiger partial charge < -0.3 is 28.1 Å². The molecule has 52 heavy (non-hydrogen) atoms. The smallest absolute Gasteiger partial charge is 0.397 e. The Kier molecular flexibility index (Phi) is 10.8. The van der Waals surface area contributed by atoms with E-state index in [1.165, 1.54) is 54.6 Å². The first kappa shape index (κ1) is 35.9. The van der Waals surface area contributed by atoms with Gasteiger partial charge in [0.2, 0.25) is 12.4 Å². The summed E-state index contributed by atoms with van der Waals surface area (Å²) < 4.78 is 72.8. The van der Waals surface area contributed by atoms with E-state index in [4.69, 9.17) is 28.1 Å². The van der Waals surface area contributed by atoms with Crippen LogP contribution in [0.15, 0.2) is 124 Å². The lowest BCUT2D eigenvalue weighted by Gasteiger charge is -2.44. The van der Waals surface area contributed by atoms with Gasteiger partial charge in [0.15, 0.2) is 12.2 Å². The molecular formula is C37H30O14S. The maximum Gasteiger partial charge on any atom is 0.397 e. The van der Waals surface area contributed by atoms with Crippen molar-refractivity contribution in [3.8, 4) is 5.75 Å². The van der Waals surface area contributed by atoms with Crippen molar-refractivity contribution in [2.45, 2.75) is 37.6 Å². The number of hydrogen-bond acceptors (Lipinski definition) is 13. The second kappa shape index (κ2) is 15.6. The van der Waals surface area contributed by atoms with Crippen LogP contribution in [0, 0.1) is 6.92 Å². The molecule has 6 rings (SSSR count). The molecule has 5 aromatic rings. The van der Waals surface area contributed by atoms with Crippen LogP contribution < -0.4 is 10.4 Å². The van der Waals surface area contributed by atoms with Crippen LogP contribution in [0.1, 0.15) is 36.6 Å². The normalized spacial score (nSPS) is 20.1. The number of benzene rings is 4. The summed E-state index contributed by atoms with van der Waals surface area (Å²) in [4.78, 5) is 52.8. The molecule has 1 aromatic heterocycles. The van der Waals surface area contributed by atoms with Crippen molar-refractivity contribution in [2.24, 2.45) is 0 Å². The fourth-order valence-corrected chi connectivity index (χ4v) is 5.78. The van der Waals surface area contributed by atoms with Crippen LogP contribution in [0.2, 0.25) is 0 Å². The van der Waals surface area contributed by atoms with Gasteiger partial charge in [-0.1, -0.05) is 54.6 Å². The number of aryl methyl sites for hydroxylation is 1. The zero-order valence-electron chi connectivity index (χ0n) is 27.2. The van der Waals surface area contributed by atoms with Gasteiger partial charge in [0.1, 0.15) is 17.4 Å². The quantitative estimate of drug-likeness (QED) is 0.0851. The molecule has 1 saturated heterocycles. The Morgan fingerprint density at radius 2 is 1.19 bits per heavy atom. The van der Waals surface area contributed by atoms with Crippen LogP contribution >= 0.6 is 0 Å². The van der Waals surface area contributed by atoms with Gasteiger partial charge in [0, 0.05) is 17.5 Å². The number of hydrogen-bond donors (Lipinski definition) is 1. The van der Waals surface area contributed by atoms with Crippen LogP contribution in [-0.4, -0.2) is 68.2 Å². The SMILES string of the molecule is Cc1cc(=O)oc2cc(O[C@@H]3O[C@H](COS(=O)(=O)O)[C@H](OC(=O)c4ccccc4)[C@H](OC(=O)c4ccccc4)[C@H]3OC(=O)c3ccccc3)ccc12. The highest BCUT2D eigenvalue weighted by atomic mass is 32.3. The molecule has 0 amide bonds. The summed E-state index contributed by atoms with van der Waals surface area (Å²) in [5.74, 6) is -2.77. The molecule has 2 heterocycles. The molecule has 15 heteroatoms. The van der Waals surface area contributed by atoms with E-state index in [2.05, 4.69) is 4.18 Å². The molecule has 1 aliphatic rings. The number of ether oxygens (including phenoxy) is 5. The van der Waals surface area contributed by atoms with E-state index in [-0.39, 0.29) is 28.0 Å². The predicted octanol–water partition coefficient (Wildman–Crippen LogP) is 4.70. The van der Waals surface area contributed by atoms with Gasteiger partial charge in [-0.25, -0.2) is 23.4 Å². The topological polar surface area (TPSA) is 191 Å². The molecule has 0 bridgehead atoms. The molecule has 1 aliphatic heterocycles. The minimum atomic E-state index is -5.08. The van der Waals surface area contributed by atoms with Crippen molar-refractivity contribution in [3.63, 3.8) is 0 Å². The highest BCUT2D eigenvalue weighted by molar-refractivity contribution is 7.80. The number of rotatable bonds is 11. The Morgan fingerprint density at radius 3 is 1.71 bits per heavy atom. The molecule has 0 saturated carbocycles. The van der Waals surface area contributed by atoms with Crippen LogP contribution in [0.3, 0.4) is 0 Å². The monoisotopic (exact) mass is 730 g/mol. The highest BCUT2D eigenvalue weighted by Crippen LogP contribution is 2.33. The van der Waals surface area contributed by atoms with E-state index in [0.717, 1.165) is 0 Å². The second-order valence-electron chi connectivity index (χ2n) is 11.5. The first-order valence-corrected chi connectivity index (χ1v) is 17.1. The minimum Gasteiger partial charge on any atom is -0.461 e. The lowest BCUT2D eigenvalue weighted by Crippen LogP contribution is -2.63. The van der Waals surface area contributed by atoms with Gasteiger partial charge in [-0.2, -0.15) is 8.42 Å². The Balaban J connectivity index is 1.46. The molecule has 268 valence electrons. The summed E-state index contributed by atoms with van der Waals surface area (Å²) >= 11 is 0. The number of fused-ring (bicyclic) bond motifs is 1. The summed E-state index contributed by atoms with van der Waals surface area (Å²) in [6, 6.07) is 29.0. The Bertz CT molecular complexity index is 2220. The van der Waals surface area contributed by atoms with Gasteiger partial charge in [-0.15, -0.1) is 0 Å². The van der Waals surface area contributed by atoms with Crippen molar-refractivity contribution >= 4 is 39.3 Å². The van der Waals surface area contributed by atoms with Gasteiger partial charge in [0.25, 0.3) is 0 Å². The predicted molar refractivity (Wildman–Crippen MR) is 181 cm³/mol. The van der Waals surface area contributed by atoms with Crippen LogP contribution in [-0.2, 0) is 33.5 Å². The molecule has 0 radical (unpaired) electrons. The minimum absolute atomic E-state index is 0.0225. The van der Waals surface area contributed by atoms with E-state index in [1.54, 1.807) is 67.6 Å². The number of carbonyl (C=O) groups excluding carboxylic acids is 3. The third-order valence-electron chi connectivity index (χ3n) is 7.91. The van der Waals surface area contributed by atoms with Gasteiger partial charge in [0.05, 0.1) is 23.3 Å². The zero-order valence-corrected chi connectivity index (χ0v) is 28.0. The summed E-state index contributed by atoms with van der Waals surface area (Å²) in [5.41, 5.74) is 0.368. The maximum absolute atomic E-state index is 13.6. The largest absolute Gasteiger partial charge is 0.461 e. The summed E-state index contributed by atoms with van der Waals surface area (Å²) in [6.45, 7) is 0.738. The molecule has 14 nitrogen and oxygen atoms in total. The third kappa shape index (κ3) is 8.70. The molecular weight excluding hydrogens is 700 g/mol. The first-order chi connectivity index (χ1) is 24.9. The Morgan fingerprint density at radius 1 is 0.692 bits per heavy atom. The van der Waals surface area contributed by atoms with Crippen LogP contribution in [0.5, 0.6) is 5.75 Å². The number of carbonyl (C=O) groups is 3. The van der Waals surface area contributed by atoms with E-state index >= 15 is 0 Å². The first-order valence-electron chi connectivity index (χ1n) is 15.7. The van der Waals surface area contributed by atoms with Crippen molar-refractivity contribution in [2.75, 3.05) is 6.61 Å². The van der Waals surface area contributed by atoms with Gasteiger partial charge in [-0.05, 0) is 61.0 Å². The molecule has 5 atom stereocenters. The lowest BCUT2D eigenvalue weighted by atomic mass is 9.97. The summed E-state index contributed by atoms with van der Waals surface area (Å²) in [5, 5.41) is 0.588.